The lowest BCUT2D eigenvalue weighted by molar-refractivity contribution is -0.0272. The van der Waals surface area contributed by atoms with Crippen molar-refractivity contribution in [3.05, 3.63) is 0 Å². The molecule has 1 N–H and O–H groups in total. The predicted octanol–water partition coefficient (Wildman–Crippen LogP) is 1.26. The maximum atomic E-state index is 11.6. The summed E-state index contributed by atoms with van der Waals surface area (Å²) in [5.41, 5.74) is 0. The van der Waals surface area contributed by atoms with E-state index in [4.69, 9.17) is 4.74 Å². The highest BCUT2D eigenvalue weighted by atomic mass is 19.3. The lowest BCUT2D eigenvalue weighted by Crippen LogP contribution is -2.35. The molecule has 0 saturated carbocycles. The van der Waals surface area contributed by atoms with E-state index in [1.54, 1.807) is 14.0 Å². The molecule has 0 aromatic heterocycles. The third-order valence-corrected chi connectivity index (χ3v) is 1.64. The van der Waals surface area contributed by atoms with Crippen LogP contribution in [-0.4, -0.2) is 32.2 Å². The number of ether oxygens (including phenoxy) is 1. The Labute approximate surface area is 65.9 Å². The van der Waals surface area contributed by atoms with Gasteiger partial charge in [-0.05, 0) is 20.9 Å². The first-order valence-electron chi connectivity index (χ1n) is 3.65. The van der Waals surface area contributed by atoms with E-state index in [9.17, 15) is 8.78 Å². The Bertz CT molecular complexity index is 100. The number of halogens is 2. The van der Waals surface area contributed by atoms with Crippen molar-refractivity contribution < 1.29 is 13.5 Å². The van der Waals surface area contributed by atoms with Crippen LogP contribution in [0.5, 0.6) is 0 Å². The SMILES string of the molecule is CNC(C)C(C)OCC(F)F. The van der Waals surface area contributed by atoms with Crippen LogP contribution in [-0.2, 0) is 4.74 Å². The maximum absolute atomic E-state index is 11.6. The normalized spacial score (nSPS) is 16.9. The van der Waals surface area contributed by atoms with Gasteiger partial charge in [0.2, 0.25) is 0 Å². The molecular formula is C7H15F2NO. The number of rotatable bonds is 5. The molecule has 0 aliphatic heterocycles. The van der Waals surface area contributed by atoms with Gasteiger partial charge in [0.05, 0.1) is 6.10 Å². The molecule has 0 fully saturated rings. The number of nitrogens with one attached hydrogen (secondary N) is 1. The van der Waals surface area contributed by atoms with Gasteiger partial charge in [-0.2, -0.15) is 0 Å². The van der Waals surface area contributed by atoms with Crippen molar-refractivity contribution >= 4 is 0 Å². The zero-order valence-electron chi connectivity index (χ0n) is 7.10. The fraction of sp³-hybridized carbons (Fsp3) is 1.00. The van der Waals surface area contributed by atoms with E-state index in [0.717, 1.165) is 0 Å². The monoisotopic (exact) mass is 167 g/mol. The van der Waals surface area contributed by atoms with Gasteiger partial charge < -0.3 is 10.1 Å². The van der Waals surface area contributed by atoms with E-state index < -0.39 is 13.0 Å². The molecule has 0 aliphatic rings. The minimum absolute atomic E-state index is 0.105. The predicted molar refractivity (Wildman–Crippen MR) is 39.9 cm³/mol. The largest absolute Gasteiger partial charge is 0.371 e. The molecule has 0 spiro atoms. The first-order chi connectivity index (χ1) is 5.07. The van der Waals surface area contributed by atoms with Crippen molar-refractivity contribution in [1.29, 1.82) is 0 Å². The summed E-state index contributed by atoms with van der Waals surface area (Å²) in [5, 5.41) is 2.92. The van der Waals surface area contributed by atoms with Crippen molar-refractivity contribution in [1.82, 2.24) is 5.32 Å². The second kappa shape index (κ2) is 5.43. The molecule has 0 rings (SSSR count). The topological polar surface area (TPSA) is 21.3 Å². The van der Waals surface area contributed by atoms with E-state index in [-0.39, 0.29) is 12.1 Å². The quantitative estimate of drug-likeness (QED) is 0.665. The van der Waals surface area contributed by atoms with E-state index in [1.165, 1.54) is 0 Å². The van der Waals surface area contributed by atoms with Crippen LogP contribution in [0.3, 0.4) is 0 Å². The van der Waals surface area contributed by atoms with E-state index in [0.29, 0.717) is 0 Å². The van der Waals surface area contributed by atoms with Crippen LogP contribution >= 0.6 is 0 Å². The molecule has 0 radical (unpaired) electrons. The molecule has 0 amide bonds. The van der Waals surface area contributed by atoms with E-state index in [2.05, 4.69) is 5.32 Å². The molecule has 0 aromatic rings. The molecule has 0 aliphatic carbocycles. The average molecular weight is 167 g/mol. The van der Waals surface area contributed by atoms with Crippen LogP contribution in [0.2, 0.25) is 0 Å². The second-order valence-corrected chi connectivity index (χ2v) is 2.51. The Morgan fingerprint density at radius 3 is 2.27 bits per heavy atom. The highest BCUT2D eigenvalue weighted by Crippen LogP contribution is 2.00. The second-order valence-electron chi connectivity index (χ2n) is 2.51. The summed E-state index contributed by atoms with van der Waals surface area (Å²) in [7, 11) is 1.77. The minimum Gasteiger partial charge on any atom is -0.371 e. The van der Waals surface area contributed by atoms with Crippen molar-refractivity contribution in [3.8, 4) is 0 Å². The third kappa shape index (κ3) is 5.09. The summed E-state index contributed by atoms with van der Waals surface area (Å²) in [6, 6.07) is 0.105. The van der Waals surface area contributed by atoms with Gasteiger partial charge in [-0.1, -0.05) is 0 Å². The van der Waals surface area contributed by atoms with Gasteiger partial charge in [0.15, 0.2) is 0 Å². The van der Waals surface area contributed by atoms with Crippen molar-refractivity contribution in [2.45, 2.75) is 32.4 Å². The Kier molecular flexibility index (Phi) is 5.32. The Hall–Kier alpha value is -0.220. The molecule has 2 nitrogen and oxygen atoms in total. The summed E-state index contributed by atoms with van der Waals surface area (Å²) < 4.78 is 28.1. The van der Waals surface area contributed by atoms with Crippen LogP contribution in [0.1, 0.15) is 13.8 Å². The summed E-state index contributed by atoms with van der Waals surface area (Å²) in [4.78, 5) is 0. The van der Waals surface area contributed by atoms with E-state index in [1.807, 2.05) is 6.92 Å². The smallest absolute Gasteiger partial charge is 0.261 e. The van der Waals surface area contributed by atoms with Crippen LogP contribution in [0.4, 0.5) is 8.78 Å². The van der Waals surface area contributed by atoms with Gasteiger partial charge in [0.1, 0.15) is 6.61 Å². The molecule has 68 valence electrons. The molecular weight excluding hydrogens is 152 g/mol. The average Bonchev–Trinajstić information content (AvgIpc) is 1.98. The minimum atomic E-state index is -2.37. The zero-order valence-corrected chi connectivity index (χ0v) is 7.10. The summed E-state index contributed by atoms with van der Waals surface area (Å²) in [5.74, 6) is 0. The van der Waals surface area contributed by atoms with Gasteiger partial charge in [-0.15, -0.1) is 0 Å². The van der Waals surface area contributed by atoms with Crippen molar-refractivity contribution in [2.75, 3.05) is 13.7 Å². The first-order valence-corrected chi connectivity index (χ1v) is 3.65. The van der Waals surface area contributed by atoms with Gasteiger partial charge in [0, 0.05) is 6.04 Å². The van der Waals surface area contributed by atoms with Crippen molar-refractivity contribution in [2.24, 2.45) is 0 Å². The highest BCUT2D eigenvalue weighted by Gasteiger charge is 2.12. The van der Waals surface area contributed by atoms with Crippen LogP contribution in [0.25, 0.3) is 0 Å². The van der Waals surface area contributed by atoms with Crippen molar-refractivity contribution in [3.63, 3.8) is 0 Å². The van der Waals surface area contributed by atoms with Gasteiger partial charge >= 0.3 is 0 Å². The summed E-state index contributed by atoms with van der Waals surface area (Å²) >= 11 is 0. The summed E-state index contributed by atoms with van der Waals surface area (Å²) in [6.07, 6.45) is -2.55. The third-order valence-electron chi connectivity index (χ3n) is 1.64. The standard InChI is InChI=1S/C7H15F2NO/c1-5(10-3)6(2)11-4-7(8)9/h5-7,10H,4H2,1-3H3. The number of alkyl halides is 2. The number of likely N-dealkylation sites (N-methyl/N-ethyl adjacent to an activating group) is 1. The molecule has 0 heterocycles. The molecule has 0 bridgehead atoms. The summed E-state index contributed by atoms with van der Waals surface area (Å²) in [6.45, 7) is 3.17. The fourth-order valence-electron chi connectivity index (χ4n) is 0.604. The van der Waals surface area contributed by atoms with Gasteiger partial charge in [-0.25, -0.2) is 8.78 Å². The molecule has 11 heavy (non-hydrogen) atoms. The fourth-order valence-corrected chi connectivity index (χ4v) is 0.604. The first kappa shape index (κ1) is 10.8. The van der Waals surface area contributed by atoms with Gasteiger partial charge in [0.25, 0.3) is 6.43 Å². The molecule has 0 saturated heterocycles. The van der Waals surface area contributed by atoms with Crippen LogP contribution in [0.15, 0.2) is 0 Å². The lowest BCUT2D eigenvalue weighted by Gasteiger charge is -2.19. The molecule has 2 unspecified atom stereocenters. The van der Waals surface area contributed by atoms with Crippen LogP contribution in [0, 0.1) is 0 Å². The highest BCUT2D eigenvalue weighted by molar-refractivity contribution is 4.65. The molecule has 4 heteroatoms. The number of hydrogen-bond donors (Lipinski definition) is 1. The molecule has 2 atom stereocenters. The Morgan fingerprint density at radius 2 is 1.91 bits per heavy atom. The van der Waals surface area contributed by atoms with Crippen LogP contribution < -0.4 is 5.32 Å². The zero-order chi connectivity index (χ0) is 8.85. The number of hydrogen-bond acceptors (Lipinski definition) is 2. The Morgan fingerprint density at radius 1 is 1.36 bits per heavy atom. The lowest BCUT2D eigenvalue weighted by atomic mass is 10.2. The van der Waals surface area contributed by atoms with Gasteiger partial charge in [-0.3, -0.25) is 0 Å². The maximum Gasteiger partial charge on any atom is 0.261 e. The van der Waals surface area contributed by atoms with E-state index >= 15 is 0 Å². The Balaban J connectivity index is 3.43. The molecule has 0 aromatic carbocycles.